The molecule has 0 radical (unpaired) electrons. The number of nitrogens with one attached hydrogen (secondary N) is 2. The molecule has 1 atom stereocenters. The standard InChI is InChI=1S/C20H32N2O.C8H13NO3.C4H7Cl2N/c1-13(2)15(5)22-18(23)17(14(3)4)21-20(22)11-9-16(10-12-20)19(6,7)8;1-3-6(2)8(12)9-5-4-7(10)11;1-4(7-6)2-3-5/h15-16H,1,3,9-12H2,2,4-8H3;2-5H2,1H3,(H,9,12)(H,10,11);2,7H,3H2,1H3/b;;4-2+. The average molecular weight is 628 g/mol. The van der Waals surface area contributed by atoms with E-state index in [9.17, 15) is 14.4 Å². The molecule has 1 aliphatic carbocycles. The molecule has 0 saturated heterocycles. The van der Waals surface area contributed by atoms with Crippen molar-refractivity contribution < 1.29 is 19.5 Å². The lowest BCUT2D eigenvalue weighted by molar-refractivity contribution is -0.137. The third-order valence-corrected chi connectivity index (χ3v) is 8.06. The number of carbonyl (C=O) groups is 3. The second-order valence-electron chi connectivity index (χ2n) is 12.1. The highest BCUT2D eigenvalue weighted by Crippen LogP contribution is 2.47. The predicted octanol–water partition coefficient (Wildman–Crippen LogP) is 7.16. The molecule has 8 nitrogen and oxygen atoms in total. The first-order valence-corrected chi connectivity index (χ1v) is 15.3. The van der Waals surface area contributed by atoms with Crippen molar-refractivity contribution >= 4 is 46.9 Å². The van der Waals surface area contributed by atoms with E-state index in [0.717, 1.165) is 42.5 Å². The highest BCUT2D eigenvalue weighted by Gasteiger charge is 2.51. The van der Waals surface area contributed by atoms with Crippen molar-refractivity contribution in [3.05, 3.63) is 48.2 Å². The summed E-state index contributed by atoms with van der Waals surface area (Å²) in [6, 6.07) is 0.00860. The number of nitrogens with zero attached hydrogens (tertiary/aromatic N) is 2. The minimum absolute atomic E-state index is 0.00860. The zero-order chi connectivity index (χ0) is 32.8. The Hall–Kier alpha value is -2.58. The van der Waals surface area contributed by atoms with Gasteiger partial charge >= 0.3 is 5.97 Å². The normalized spacial score (nSPS) is 20.8. The van der Waals surface area contributed by atoms with Gasteiger partial charge in [-0.2, -0.15) is 0 Å². The predicted molar refractivity (Wildman–Crippen MR) is 176 cm³/mol. The Morgan fingerprint density at radius 2 is 1.74 bits per heavy atom. The maximum absolute atomic E-state index is 12.9. The molecule has 2 amide bonds. The number of hydrogen-bond donors (Lipinski definition) is 3. The summed E-state index contributed by atoms with van der Waals surface area (Å²) in [5, 5.41) is 10.7. The summed E-state index contributed by atoms with van der Waals surface area (Å²) in [7, 11) is 0. The van der Waals surface area contributed by atoms with Crippen LogP contribution in [0.2, 0.25) is 0 Å². The number of alkyl halides is 1. The molecule has 238 valence electrons. The van der Waals surface area contributed by atoms with Gasteiger partial charge in [-0.3, -0.25) is 19.4 Å². The highest BCUT2D eigenvalue weighted by atomic mass is 35.5. The molecular weight excluding hydrogens is 575 g/mol. The second kappa shape index (κ2) is 18.2. The number of aliphatic carboxylic acids is 1. The van der Waals surface area contributed by atoms with Gasteiger partial charge < -0.3 is 20.2 Å². The minimum Gasteiger partial charge on any atom is -0.481 e. The lowest BCUT2D eigenvalue weighted by atomic mass is 9.69. The van der Waals surface area contributed by atoms with Gasteiger partial charge in [0, 0.05) is 35.5 Å². The topological polar surface area (TPSA) is 111 Å². The molecule has 0 aromatic rings. The SMILES string of the molecule is C/C(=C\CCl)NCl.C=C(C)C1=NC2(CCC(C(C)(C)C)CC2)N(C(C)C(=C)C)C1=O.C=C(CC)C(=O)NCCC(=O)O. The van der Waals surface area contributed by atoms with E-state index < -0.39 is 5.97 Å². The van der Waals surface area contributed by atoms with Crippen LogP contribution in [0.3, 0.4) is 0 Å². The van der Waals surface area contributed by atoms with Crippen LogP contribution in [-0.4, -0.2) is 57.6 Å². The van der Waals surface area contributed by atoms with Gasteiger partial charge in [0.25, 0.3) is 5.91 Å². The third kappa shape index (κ3) is 12.3. The summed E-state index contributed by atoms with van der Waals surface area (Å²) < 4.78 is 0. The number of aliphatic imine (C=N–C) groups is 1. The number of carbonyl (C=O) groups excluding carboxylic acids is 2. The maximum Gasteiger partial charge on any atom is 0.305 e. The van der Waals surface area contributed by atoms with E-state index in [2.05, 4.69) is 57.6 Å². The first-order chi connectivity index (χ1) is 19.4. The van der Waals surface area contributed by atoms with Crippen LogP contribution in [0.1, 0.15) is 93.9 Å². The van der Waals surface area contributed by atoms with Crippen molar-refractivity contribution in [2.75, 3.05) is 12.4 Å². The van der Waals surface area contributed by atoms with Crippen molar-refractivity contribution in [1.29, 1.82) is 0 Å². The molecule has 1 heterocycles. The Kier molecular flexibility index (Phi) is 17.0. The molecule has 1 fully saturated rings. The van der Waals surface area contributed by atoms with E-state index in [0.29, 0.717) is 34.9 Å². The number of rotatable bonds is 10. The smallest absolute Gasteiger partial charge is 0.305 e. The van der Waals surface area contributed by atoms with Gasteiger partial charge in [-0.05, 0) is 82.8 Å². The van der Waals surface area contributed by atoms with Crippen LogP contribution in [0.5, 0.6) is 0 Å². The first-order valence-electron chi connectivity index (χ1n) is 14.4. The number of carboxylic acid groups (broad SMARTS) is 1. The largest absolute Gasteiger partial charge is 0.481 e. The fourth-order valence-corrected chi connectivity index (χ4v) is 4.98. The summed E-state index contributed by atoms with van der Waals surface area (Å²) in [5.41, 5.74) is 3.63. The Bertz CT molecular complexity index is 1050. The number of hydrogen-bond acceptors (Lipinski definition) is 5. The average Bonchev–Trinajstić information content (AvgIpc) is 3.19. The fourth-order valence-electron chi connectivity index (χ4n) is 4.67. The van der Waals surface area contributed by atoms with E-state index >= 15 is 0 Å². The van der Waals surface area contributed by atoms with Crippen LogP contribution in [0.15, 0.2) is 53.2 Å². The molecule has 1 saturated carbocycles. The Balaban J connectivity index is 0.000000739. The molecule has 10 heteroatoms. The second-order valence-corrected chi connectivity index (χ2v) is 12.6. The number of allylic oxidation sites excluding steroid dienone is 2. The fraction of sp³-hybridized carbons (Fsp3) is 0.625. The van der Waals surface area contributed by atoms with Gasteiger partial charge in [0.15, 0.2) is 0 Å². The van der Waals surface area contributed by atoms with Gasteiger partial charge in [-0.1, -0.05) is 53.0 Å². The lowest BCUT2D eigenvalue weighted by Crippen LogP contribution is -2.54. The van der Waals surface area contributed by atoms with Crippen molar-refractivity contribution in [3.8, 4) is 0 Å². The summed E-state index contributed by atoms with van der Waals surface area (Å²) in [6.07, 6.45) is 6.42. The van der Waals surface area contributed by atoms with Crippen molar-refractivity contribution in [2.24, 2.45) is 16.3 Å². The molecule has 2 aliphatic rings. The Labute approximate surface area is 263 Å². The van der Waals surface area contributed by atoms with Crippen LogP contribution in [0, 0.1) is 11.3 Å². The summed E-state index contributed by atoms with van der Waals surface area (Å²) >= 11 is 10.5. The van der Waals surface area contributed by atoms with E-state index in [4.69, 9.17) is 33.5 Å². The quantitative estimate of drug-likeness (QED) is 0.103. The Morgan fingerprint density at radius 1 is 1.19 bits per heavy atom. The molecule has 2 rings (SSSR count). The monoisotopic (exact) mass is 626 g/mol. The van der Waals surface area contributed by atoms with Crippen LogP contribution >= 0.6 is 23.4 Å². The van der Waals surface area contributed by atoms with Gasteiger partial charge in [0.2, 0.25) is 5.91 Å². The molecule has 42 heavy (non-hydrogen) atoms. The molecular formula is C32H52Cl2N4O4. The van der Waals surface area contributed by atoms with Crippen LogP contribution in [-0.2, 0) is 14.4 Å². The Morgan fingerprint density at radius 3 is 2.10 bits per heavy atom. The summed E-state index contributed by atoms with van der Waals surface area (Å²) in [4.78, 5) is 43.2. The van der Waals surface area contributed by atoms with Gasteiger partial charge in [0.05, 0.1) is 12.5 Å². The maximum atomic E-state index is 12.9. The first kappa shape index (κ1) is 39.4. The molecule has 1 spiro atoms. The van der Waals surface area contributed by atoms with E-state index in [1.54, 1.807) is 6.08 Å². The van der Waals surface area contributed by atoms with Crippen LogP contribution in [0.25, 0.3) is 0 Å². The molecule has 0 aromatic heterocycles. The molecule has 1 unspecified atom stereocenters. The van der Waals surface area contributed by atoms with Gasteiger partial charge in [-0.15, -0.1) is 11.6 Å². The molecule has 0 aromatic carbocycles. The van der Waals surface area contributed by atoms with Crippen LogP contribution in [0.4, 0.5) is 0 Å². The number of amides is 2. The van der Waals surface area contributed by atoms with E-state index in [-0.39, 0.29) is 36.5 Å². The van der Waals surface area contributed by atoms with Gasteiger partial charge in [-0.25, -0.2) is 0 Å². The number of carboxylic acids is 1. The van der Waals surface area contributed by atoms with Crippen LogP contribution < -0.4 is 10.2 Å². The lowest BCUT2D eigenvalue weighted by Gasteiger charge is -2.46. The highest BCUT2D eigenvalue weighted by molar-refractivity contribution is 6.46. The van der Waals surface area contributed by atoms with Crippen molar-refractivity contribution in [2.45, 2.75) is 106 Å². The van der Waals surface area contributed by atoms with E-state index in [1.807, 2.05) is 32.6 Å². The van der Waals surface area contributed by atoms with Crippen molar-refractivity contribution in [3.63, 3.8) is 0 Å². The minimum atomic E-state index is -0.919. The summed E-state index contributed by atoms with van der Waals surface area (Å²) in [6.45, 7) is 28.2. The molecule has 0 bridgehead atoms. The van der Waals surface area contributed by atoms with Crippen molar-refractivity contribution in [1.82, 2.24) is 15.1 Å². The molecule has 1 aliphatic heterocycles. The third-order valence-electron chi connectivity index (χ3n) is 7.61. The van der Waals surface area contributed by atoms with E-state index in [1.165, 1.54) is 0 Å². The summed E-state index contributed by atoms with van der Waals surface area (Å²) in [5.74, 6) is 0.0404. The zero-order valence-electron chi connectivity index (χ0n) is 26.8. The molecule has 3 N–H and O–H groups in total. The van der Waals surface area contributed by atoms with Gasteiger partial charge in [0.1, 0.15) is 11.4 Å². The number of halogens is 2. The zero-order valence-corrected chi connectivity index (χ0v) is 28.3.